The molecule has 0 aliphatic heterocycles. The van der Waals surface area contributed by atoms with Gasteiger partial charge in [-0.15, -0.1) is 0 Å². The first-order valence-corrected chi connectivity index (χ1v) is 7.46. The molecule has 0 aliphatic rings. The first-order chi connectivity index (χ1) is 9.66. The molecular formula is C20H26. The predicted octanol–water partition coefficient (Wildman–Crippen LogP) is 5.98. The van der Waals surface area contributed by atoms with E-state index in [2.05, 4.69) is 62.9 Å². The standard InChI is InChI=1S/C18H20.C2H6/c1-14-9-10-16(3)18(13-14)12-11-15(2)17-7-5-4-6-8-17;1-2/h4-10,13H,2,11-12H2,1,3H3;1-2H3. The molecule has 0 heteroatoms. The van der Waals surface area contributed by atoms with Crippen molar-refractivity contribution < 1.29 is 0 Å². The summed E-state index contributed by atoms with van der Waals surface area (Å²) in [6, 6.07) is 17.1. The van der Waals surface area contributed by atoms with Crippen molar-refractivity contribution in [3.05, 3.63) is 77.4 Å². The molecule has 0 fully saturated rings. The van der Waals surface area contributed by atoms with Gasteiger partial charge in [0.2, 0.25) is 0 Å². The van der Waals surface area contributed by atoms with Gasteiger partial charge in [0, 0.05) is 0 Å². The Hall–Kier alpha value is -1.82. The molecule has 20 heavy (non-hydrogen) atoms. The molecule has 0 saturated carbocycles. The van der Waals surface area contributed by atoms with E-state index >= 15 is 0 Å². The summed E-state index contributed by atoms with van der Waals surface area (Å²) in [5.74, 6) is 0. The maximum absolute atomic E-state index is 4.19. The maximum atomic E-state index is 4.19. The first-order valence-electron chi connectivity index (χ1n) is 7.46. The van der Waals surface area contributed by atoms with Crippen LogP contribution in [-0.2, 0) is 6.42 Å². The normalized spacial score (nSPS) is 9.60. The number of benzene rings is 2. The van der Waals surface area contributed by atoms with Crippen LogP contribution in [-0.4, -0.2) is 0 Å². The van der Waals surface area contributed by atoms with Crippen molar-refractivity contribution in [3.63, 3.8) is 0 Å². The quantitative estimate of drug-likeness (QED) is 0.639. The first kappa shape index (κ1) is 16.2. The van der Waals surface area contributed by atoms with Crippen molar-refractivity contribution in [2.24, 2.45) is 0 Å². The molecule has 0 bridgehead atoms. The van der Waals surface area contributed by atoms with E-state index in [0.29, 0.717) is 0 Å². The molecule has 0 aliphatic carbocycles. The molecule has 0 radical (unpaired) electrons. The highest BCUT2D eigenvalue weighted by molar-refractivity contribution is 5.63. The van der Waals surface area contributed by atoms with Crippen LogP contribution < -0.4 is 0 Å². The third-order valence-electron chi connectivity index (χ3n) is 3.38. The lowest BCUT2D eigenvalue weighted by Gasteiger charge is -2.09. The van der Waals surface area contributed by atoms with E-state index < -0.39 is 0 Å². The Kier molecular flexibility index (Phi) is 6.79. The van der Waals surface area contributed by atoms with Crippen LogP contribution in [0, 0.1) is 13.8 Å². The van der Waals surface area contributed by atoms with Crippen LogP contribution in [0.3, 0.4) is 0 Å². The second-order valence-corrected chi connectivity index (χ2v) is 4.90. The number of hydrogen-bond donors (Lipinski definition) is 0. The largest absolute Gasteiger partial charge is 0.0952 e. The zero-order chi connectivity index (χ0) is 15.0. The van der Waals surface area contributed by atoms with Gasteiger partial charge < -0.3 is 0 Å². The monoisotopic (exact) mass is 266 g/mol. The number of aryl methyl sites for hydroxylation is 3. The Morgan fingerprint density at radius 2 is 1.60 bits per heavy atom. The Morgan fingerprint density at radius 1 is 0.950 bits per heavy atom. The van der Waals surface area contributed by atoms with E-state index in [-0.39, 0.29) is 0 Å². The topological polar surface area (TPSA) is 0 Å². The van der Waals surface area contributed by atoms with Crippen molar-refractivity contribution in [2.75, 3.05) is 0 Å². The van der Waals surface area contributed by atoms with Crippen molar-refractivity contribution >= 4 is 5.57 Å². The highest BCUT2D eigenvalue weighted by atomic mass is 14.1. The summed E-state index contributed by atoms with van der Waals surface area (Å²) in [4.78, 5) is 0. The molecule has 2 aromatic rings. The average Bonchev–Trinajstić information content (AvgIpc) is 2.51. The molecule has 0 saturated heterocycles. The van der Waals surface area contributed by atoms with Crippen molar-refractivity contribution in [3.8, 4) is 0 Å². The predicted molar refractivity (Wildman–Crippen MR) is 91.1 cm³/mol. The summed E-state index contributed by atoms with van der Waals surface area (Å²) >= 11 is 0. The van der Waals surface area contributed by atoms with Crippen molar-refractivity contribution in [2.45, 2.75) is 40.5 Å². The molecule has 0 aromatic heterocycles. The van der Waals surface area contributed by atoms with Crippen LogP contribution in [0.15, 0.2) is 55.1 Å². The van der Waals surface area contributed by atoms with Gasteiger partial charge in [0.15, 0.2) is 0 Å². The average molecular weight is 266 g/mol. The molecule has 2 aromatic carbocycles. The van der Waals surface area contributed by atoms with E-state index in [4.69, 9.17) is 0 Å². The van der Waals surface area contributed by atoms with Crippen LogP contribution in [0.5, 0.6) is 0 Å². The van der Waals surface area contributed by atoms with E-state index in [1.807, 2.05) is 19.9 Å². The lowest BCUT2D eigenvalue weighted by molar-refractivity contribution is 0.999. The van der Waals surface area contributed by atoms with Crippen LogP contribution in [0.2, 0.25) is 0 Å². The molecule has 0 N–H and O–H groups in total. The summed E-state index contributed by atoms with van der Waals surface area (Å²) in [5.41, 5.74) is 6.62. The second-order valence-electron chi connectivity index (χ2n) is 4.90. The molecule has 2 rings (SSSR count). The van der Waals surface area contributed by atoms with Gasteiger partial charge in [0.05, 0.1) is 0 Å². The Bertz CT molecular complexity index is 535. The molecule has 0 spiro atoms. The van der Waals surface area contributed by atoms with Crippen LogP contribution in [0.1, 0.15) is 42.5 Å². The number of rotatable bonds is 4. The Morgan fingerprint density at radius 3 is 2.25 bits per heavy atom. The van der Waals surface area contributed by atoms with E-state index in [1.165, 1.54) is 27.8 Å². The van der Waals surface area contributed by atoms with Gasteiger partial charge in [-0.3, -0.25) is 0 Å². The summed E-state index contributed by atoms with van der Waals surface area (Å²) < 4.78 is 0. The third kappa shape index (κ3) is 4.70. The fourth-order valence-corrected chi connectivity index (χ4v) is 2.17. The molecule has 0 atom stereocenters. The van der Waals surface area contributed by atoms with Gasteiger partial charge in [0.1, 0.15) is 0 Å². The fraction of sp³-hybridized carbons (Fsp3) is 0.300. The van der Waals surface area contributed by atoms with E-state index in [9.17, 15) is 0 Å². The number of hydrogen-bond acceptors (Lipinski definition) is 0. The Labute approximate surface area is 124 Å². The van der Waals surface area contributed by atoms with Crippen LogP contribution >= 0.6 is 0 Å². The van der Waals surface area contributed by atoms with Gasteiger partial charge in [-0.05, 0) is 49.0 Å². The van der Waals surface area contributed by atoms with Gasteiger partial charge in [0.25, 0.3) is 0 Å². The minimum Gasteiger partial charge on any atom is -0.0952 e. The Balaban J connectivity index is 0.000000956. The molecule has 106 valence electrons. The zero-order valence-corrected chi connectivity index (χ0v) is 13.2. The molecule has 0 nitrogen and oxygen atoms in total. The molecule has 0 heterocycles. The SMILES string of the molecule is C=C(CCc1cc(C)ccc1C)c1ccccc1.CC. The third-order valence-corrected chi connectivity index (χ3v) is 3.38. The zero-order valence-electron chi connectivity index (χ0n) is 13.2. The summed E-state index contributed by atoms with van der Waals surface area (Å²) in [5, 5.41) is 0. The van der Waals surface area contributed by atoms with Crippen LogP contribution in [0.25, 0.3) is 5.57 Å². The minimum atomic E-state index is 1.02. The fourth-order valence-electron chi connectivity index (χ4n) is 2.17. The van der Waals surface area contributed by atoms with Gasteiger partial charge in [-0.25, -0.2) is 0 Å². The number of allylic oxidation sites excluding steroid dienone is 1. The van der Waals surface area contributed by atoms with Crippen molar-refractivity contribution in [1.29, 1.82) is 0 Å². The minimum absolute atomic E-state index is 1.02. The van der Waals surface area contributed by atoms with Crippen molar-refractivity contribution in [1.82, 2.24) is 0 Å². The maximum Gasteiger partial charge on any atom is -0.0230 e. The molecular weight excluding hydrogens is 240 g/mol. The van der Waals surface area contributed by atoms with Crippen LogP contribution in [0.4, 0.5) is 0 Å². The molecule has 0 unspecified atom stereocenters. The highest BCUT2D eigenvalue weighted by Crippen LogP contribution is 2.20. The van der Waals surface area contributed by atoms with Gasteiger partial charge in [-0.2, -0.15) is 0 Å². The van der Waals surface area contributed by atoms with E-state index in [1.54, 1.807) is 0 Å². The molecule has 0 amide bonds. The smallest absolute Gasteiger partial charge is 0.0230 e. The summed E-state index contributed by atoms with van der Waals surface area (Å²) in [6.45, 7) is 12.5. The lowest BCUT2D eigenvalue weighted by Crippen LogP contribution is -1.92. The summed E-state index contributed by atoms with van der Waals surface area (Å²) in [6.07, 6.45) is 2.09. The lowest BCUT2D eigenvalue weighted by atomic mass is 9.96. The second kappa shape index (κ2) is 8.37. The summed E-state index contributed by atoms with van der Waals surface area (Å²) in [7, 11) is 0. The van der Waals surface area contributed by atoms with Gasteiger partial charge >= 0.3 is 0 Å². The highest BCUT2D eigenvalue weighted by Gasteiger charge is 2.02. The van der Waals surface area contributed by atoms with Gasteiger partial charge in [-0.1, -0.05) is 74.5 Å². The van der Waals surface area contributed by atoms with E-state index in [0.717, 1.165) is 12.8 Å².